The molecule has 0 aliphatic carbocycles. The Labute approximate surface area is 191 Å². The minimum absolute atomic E-state index is 0.272. The van der Waals surface area contributed by atoms with Gasteiger partial charge in [0.15, 0.2) is 0 Å². The van der Waals surface area contributed by atoms with Crippen molar-refractivity contribution in [2.24, 2.45) is 0 Å². The van der Waals surface area contributed by atoms with Crippen LogP contribution < -0.4 is 9.62 Å². The molecule has 0 saturated heterocycles. The van der Waals surface area contributed by atoms with Gasteiger partial charge in [0.1, 0.15) is 12.6 Å². The van der Waals surface area contributed by atoms with Crippen molar-refractivity contribution in [1.82, 2.24) is 10.2 Å². The maximum atomic E-state index is 13.4. The molecule has 0 spiro atoms. The van der Waals surface area contributed by atoms with E-state index in [1.807, 2.05) is 63.2 Å². The van der Waals surface area contributed by atoms with Crippen molar-refractivity contribution in [3.63, 3.8) is 0 Å². The summed E-state index contributed by atoms with van der Waals surface area (Å²) < 4.78 is 26.3. The van der Waals surface area contributed by atoms with E-state index in [2.05, 4.69) is 5.32 Å². The molecule has 0 aliphatic heterocycles. The van der Waals surface area contributed by atoms with Gasteiger partial charge in [0, 0.05) is 13.1 Å². The smallest absolute Gasteiger partial charge is 0.244 e. The highest BCUT2D eigenvalue weighted by atomic mass is 32.2. The number of aryl methyl sites for hydroxylation is 2. The number of anilines is 1. The van der Waals surface area contributed by atoms with E-state index in [0.717, 1.165) is 27.3 Å². The molecule has 0 heterocycles. The van der Waals surface area contributed by atoms with Crippen molar-refractivity contribution in [2.45, 2.75) is 40.2 Å². The fraction of sp³-hybridized carbons (Fsp3) is 0.417. The molecule has 1 unspecified atom stereocenters. The van der Waals surface area contributed by atoms with Crippen LogP contribution in [0.2, 0.25) is 0 Å². The first-order valence-corrected chi connectivity index (χ1v) is 12.6. The standard InChI is InChI=1S/C24H33N3O4S/c1-6-25-24(29)20(4)26(15-14-21-10-8-7-9-11-21)23(28)17-27(32(5,30)31)22-13-12-18(2)16-19(22)3/h7-13,16,20H,6,14-15,17H2,1-5H3,(H,25,29). The number of carbonyl (C=O) groups is 2. The first-order valence-electron chi connectivity index (χ1n) is 10.7. The van der Waals surface area contributed by atoms with Crippen LogP contribution in [0.1, 0.15) is 30.5 Å². The summed E-state index contributed by atoms with van der Waals surface area (Å²) in [6, 6.07) is 14.3. The van der Waals surface area contributed by atoms with Crippen molar-refractivity contribution < 1.29 is 18.0 Å². The zero-order chi connectivity index (χ0) is 23.9. The molecule has 1 N–H and O–H groups in total. The van der Waals surface area contributed by atoms with Gasteiger partial charge in [0.25, 0.3) is 0 Å². The fourth-order valence-corrected chi connectivity index (χ4v) is 4.48. The Balaban J connectivity index is 2.33. The summed E-state index contributed by atoms with van der Waals surface area (Å²) in [5, 5.41) is 2.74. The number of nitrogens with one attached hydrogen (secondary N) is 1. The van der Waals surface area contributed by atoms with Crippen LogP contribution in [0.5, 0.6) is 0 Å². The van der Waals surface area contributed by atoms with Crippen LogP contribution in [0.25, 0.3) is 0 Å². The number of nitrogens with zero attached hydrogens (tertiary/aromatic N) is 2. The normalized spacial score (nSPS) is 12.2. The molecule has 32 heavy (non-hydrogen) atoms. The third-order valence-corrected chi connectivity index (χ3v) is 6.43. The zero-order valence-electron chi connectivity index (χ0n) is 19.5. The minimum Gasteiger partial charge on any atom is -0.355 e. The Morgan fingerprint density at radius 3 is 2.28 bits per heavy atom. The first-order chi connectivity index (χ1) is 15.0. The Morgan fingerprint density at radius 2 is 1.72 bits per heavy atom. The second kappa shape index (κ2) is 11.1. The van der Waals surface area contributed by atoms with Gasteiger partial charge >= 0.3 is 0 Å². The molecule has 7 nitrogen and oxygen atoms in total. The summed E-state index contributed by atoms with van der Waals surface area (Å²) in [5.74, 6) is -0.698. The molecule has 2 aromatic rings. The number of benzene rings is 2. The van der Waals surface area contributed by atoms with E-state index in [1.54, 1.807) is 13.0 Å². The second-order valence-electron chi connectivity index (χ2n) is 7.95. The predicted molar refractivity (Wildman–Crippen MR) is 128 cm³/mol. The van der Waals surface area contributed by atoms with Crippen LogP contribution in [-0.2, 0) is 26.0 Å². The summed E-state index contributed by atoms with van der Waals surface area (Å²) in [6.07, 6.45) is 1.64. The van der Waals surface area contributed by atoms with E-state index in [9.17, 15) is 18.0 Å². The molecule has 2 amide bonds. The molecule has 2 aromatic carbocycles. The number of carbonyl (C=O) groups excluding carboxylic acids is 2. The molecule has 174 valence electrons. The number of hydrogen-bond donors (Lipinski definition) is 1. The number of likely N-dealkylation sites (N-methyl/N-ethyl adjacent to an activating group) is 1. The summed E-state index contributed by atoms with van der Waals surface area (Å²) in [7, 11) is -3.72. The lowest BCUT2D eigenvalue weighted by molar-refractivity contribution is -0.138. The van der Waals surface area contributed by atoms with Gasteiger partial charge in [0.05, 0.1) is 11.9 Å². The third kappa shape index (κ3) is 6.82. The topological polar surface area (TPSA) is 86.8 Å². The van der Waals surface area contributed by atoms with E-state index >= 15 is 0 Å². The van der Waals surface area contributed by atoms with Crippen LogP contribution in [0.4, 0.5) is 5.69 Å². The van der Waals surface area contributed by atoms with E-state index in [1.165, 1.54) is 4.90 Å². The van der Waals surface area contributed by atoms with E-state index in [0.29, 0.717) is 25.2 Å². The van der Waals surface area contributed by atoms with Gasteiger partial charge in [-0.1, -0.05) is 48.0 Å². The lowest BCUT2D eigenvalue weighted by Crippen LogP contribution is -2.52. The van der Waals surface area contributed by atoms with Gasteiger partial charge in [0.2, 0.25) is 21.8 Å². The Bertz CT molecular complexity index is 1040. The average molecular weight is 460 g/mol. The molecule has 1 atom stereocenters. The van der Waals surface area contributed by atoms with Gasteiger partial charge in [-0.2, -0.15) is 0 Å². The van der Waals surface area contributed by atoms with Gasteiger partial charge in [-0.05, 0) is 51.3 Å². The van der Waals surface area contributed by atoms with Crippen LogP contribution in [-0.4, -0.2) is 57.1 Å². The largest absolute Gasteiger partial charge is 0.355 e. The molecular formula is C24H33N3O4S. The van der Waals surface area contributed by atoms with Crippen LogP contribution in [0.15, 0.2) is 48.5 Å². The predicted octanol–water partition coefficient (Wildman–Crippen LogP) is 2.67. The van der Waals surface area contributed by atoms with Gasteiger partial charge in [-0.25, -0.2) is 8.42 Å². The monoisotopic (exact) mass is 459 g/mol. The molecular weight excluding hydrogens is 426 g/mol. The fourth-order valence-electron chi connectivity index (χ4n) is 3.57. The Hall–Kier alpha value is -2.87. The number of hydrogen-bond acceptors (Lipinski definition) is 4. The van der Waals surface area contributed by atoms with E-state index in [4.69, 9.17) is 0 Å². The highest BCUT2D eigenvalue weighted by molar-refractivity contribution is 7.92. The quantitative estimate of drug-likeness (QED) is 0.592. The molecule has 0 aromatic heterocycles. The SMILES string of the molecule is CCNC(=O)C(C)N(CCc1ccccc1)C(=O)CN(c1ccc(C)cc1C)S(C)(=O)=O. The van der Waals surface area contributed by atoms with Crippen molar-refractivity contribution in [3.8, 4) is 0 Å². The number of rotatable bonds is 10. The number of amides is 2. The zero-order valence-corrected chi connectivity index (χ0v) is 20.3. The van der Waals surface area contributed by atoms with Crippen molar-refractivity contribution in [3.05, 3.63) is 65.2 Å². The maximum Gasteiger partial charge on any atom is 0.244 e. The Morgan fingerprint density at radius 1 is 1.06 bits per heavy atom. The molecule has 0 fully saturated rings. The summed E-state index contributed by atoms with van der Waals surface area (Å²) >= 11 is 0. The van der Waals surface area contributed by atoms with Crippen LogP contribution >= 0.6 is 0 Å². The van der Waals surface area contributed by atoms with Crippen LogP contribution in [0, 0.1) is 13.8 Å². The van der Waals surface area contributed by atoms with E-state index in [-0.39, 0.29) is 12.5 Å². The molecule has 0 saturated carbocycles. The second-order valence-corrected chi connectivity index (χ2v) is 9.86. The summed E-state index contributed by atoms with van der Waals surface area (Å²) in [5.41, 5.74) is 3.25. The molecule has 8 heteroatoms. The third-order valence-electron chi connectivity index (χ3n) is 5.30. The van der Waals surface area contributed by atoms with Gasteiger partial charge in [-0.15, -0.1) is 0 Å². The van der Waals surface area contributed by atoms with Crippen molar-refractivity contribution in [1.29, 1.82) is 0 Å². The van der Waals surface area contributed by atoms with Gasteiger partial charge < -0.3 is 10.2 Å². The molecule has 0 bridgehead atoms. The van der Waals surface area contributed by atoms with E-state index < -0.39 is 22.0 Å². The first kappa shape index (κ1) is 25.4. The molecule has 0 radical (unpaired) electrons. The highest BCUT2D eigenvalue weighted by Crippen LogP contribution is 2.24. The number of sulfonamides is 1. The highest BCUT2D eigenvalue weighted by Gasteiger charge is 2.30. The summed E-state index contributed by atoms with van der Waals surface area (Å²) in [6.45, 7) is 7.58. The molecule has 0 aliphatic rings. The summed E-state index contributed by atoms with van der Waals surface area (Å²) in [4.78, 5) is 27.3. The minimum atomic E-state index is -3.72. The van der Waals surface area contributed by atoms with Crippen molar-refractivity contribution >= 4 is 27.5 Å². The Kier molecular flexibility index (Phi) is 8.83. The molecule has 2 rings (SSSR count). The van der Waals surface area contributed by atoms with Gasteiger partial charge in [-0.3, -0.25) is 13.9 Å². The average Bonchev–Trinajstić information content (AvgIpc) is 2.72. The lowest BCUT2D eigenvalue weighted by atomic mass is 10.1. The maximum absolute atomic E-state index is 13.4. The van der Waals surface area contributed by atoms with Crippen LogP contribution in [0.3, 0.4) is 0 Å². The van der Waals surface area contributed by atoms with Crippen molar-refractivity contribution in [2.75, 3.05) is 30.2 Å². The lowest BCUT2D eigenvalue weighted by Gasteiger charge is -2.31.